The number of aromatic nitrogens is 1. The van der Waals surface area contributed by atoms with Crippen molar-refractivity contribution in [3.63, 3.8) is 0 Å². The Hall–Kier alpha value is -1.09. The maximum Gasteiger partial charge on any atom is 0.183 e. The van der Waals surface area contributed by atoms with Gasteiger partial charge in [0, 0.05) is 6.54 Å². The molecule has 3 heteroatoms. The Kier molecular flexibility index (Phi) is 3.78. The lowest BCUT2D eigenvalue weighted by Crippen LogP contribution is -2.00. The fraction of sp³-hybridized carbons (Fsp3) is 0.462. The second-order valence-electron chi connectivity index (χ2n) is 4.07. The molecule has 0 amide bonds. The van der Waals surface area contributed by atoms with Crippen molar-refractivity contribution in [2.24, 2.45) is 0 Å². The van der Waals surface area contributed by atoms with Gasteiger partial charge in [-0.25, -0.2) is 4.98 Å². The first-order chi connectivity index (χ1) is 7.81. The average Bonchev–Trinajstić information content (AvgIpc) is 2.69. The van der Waals surface area contributed by atoms with Crippen LogP contribution in [0.3, 0.4) is 0 Å². The topological polar surface area (TPSA) is 24.9 Å². The molecule has 0 aliphatic rings. The number of benzene rings is 1. The predicted molar refractivity (Wildman–Crippen MR) is 72.4 cm³/mol. The van der Waals surface area contributed by atoms with Crippen LogP contribution in [0.25, 0.3) is 10.2 Å². The molecule has 86 valence electrons. The summed E-state index contributed by atoms with van der Waals surface area (Å²) in [5, 5.41) is 4.46. The Bertz CT molecular complexity index is 462. The molecule has 0 bridgehead atoms. The minimum absolute atomic E-state index is 1.03. The van der Waals surface area contributed by atoms with E-state index in [2.05, 4.69) is 42.3 Å². The zero-order valence-corrected chi connectivity index (χ0v) is 10.7. The van der Waals surface area contributed by atoms with E-state index in [9.17, 15) is 0 Å². The number of aryl methyl sites for hydroxylation is 1. The Morgan fingerprint density at radius 2 is 2.19 bits per heavy atom. The predicted octanol–water partition coefficient (Wildman–Crippen LogP) is 4.21. The van der Waals surface area contributed by atoms with Crippen molar-refractivity contribution < 1.29 is 0 Å². The molecule has 0 unspecified atom stereocenters. The van der Waals surface area contributed by atoms with Gasteiger partial charge in [0.15, 0.2) is 5.13 Å². The largest absolute Gasteiger partial charge is 0.361 e. The number of nitrogens with zero attached hydrogens (tertiary/aromatic N) is 1. The van der Waals surface area contributed by atoms with Crippen LogP contribution in [0.1, 0.15) is 31.7 Å². The molecule has 1 N–H and O–H groups in total. The molecule has 1 aromatic carbocycles. The minimum Gasteiger partial charge on any atom is -0.361 e. The van der Waals surface area contributed by atoms with Gasteiger partial charge in [-0.05, 0) is 25.0 Å². The summed E-state index contributed by atoms with van der Waals surface area (Å²) in [6.07, 6.45) is 3.78. The van der Waals surface area contributed by atoms with Crippen molar-refractivity contribution >= 4 is 26.7 Å². The monoisotopic (exact) mass is 234 g/mol. The third-order valence-corrected chi connectivity index (χ3v) is 3.66. The lowest BCUT2D eigenvalue weighted by Gasteiger charge is -1.99. The van der Waals surface area contributed by atoms with Gasteiger partial charge in [-0.1, -0.05) is 43.2 Å². The highest BCUT2D eigenvalue weighted by Crippen LogP contribution is 2.27. The fourth-order valence-electron chi connectivity index (χ4n) is 1.73. The maximum atomic E-state index is 4.62. The van der Waals surface area contributed by atoms with Crippen LogP contribution in [0.15, 0.2) is 18.2 Å². The molecular formula is C13H18N2S. The van der Waals surface area contributed by atoms with Gasteiger partial charge in [0.25, 0.3) is 0 Å². The SMILES string of the molecule is CCCCCNc1nc2c(C)cccc2s1. The number of anilines is 1. The number of rotatable bonds is 5. The molecule has 0 radical (unpaired) electrons. The van der Waals surface area contributed by atoms with E-state index in [-0.39, 0.29) is 0 Å². The lowest BCUT2D eigenvalue weighted by molar-refractivity contribution is 0.743. The van der Waals surface area contributed by atoms with Crippen molar-refractivity contribution in [2.75, 3.05) is 11.9 Å². The number of fused-ring (bicyclic) bond motifs is 1. The zero-order chi connectivity index (χ0) is 11.4. The van der Waals surface area contributed by atoms with Crippen molar-refractivity contribution in [1.82, 2.24) is 4.98 Å². The Labute approximate surface area is 101 Å². The molecule has 0 aliphatic carbocycles. The van der Waals surface area contributed by atoms with E-state index < -0.39 is 0 Å². The van der Waals surface area contributed by atoms with E-state index in [0.29, 0.717) is 0 Å². The maximum absolute atomic E-state index is 4.62. The minimum atomic E-state index is 1.03. The lowest BCUT2D eigenvalue weighted by atomic mass is 10.2. The molecule has 2 aromatic rings. The normalized spacial score (nSPS) is 10.9. The Morgan fingerprint density at radius 1 is 1.31 bits per heavy atom. The molecule has 16 heavy (non-hydrogen) atoms. The highest BCUT2D eigenvalue weighted by Gasteiger charge is 2.04. The second-order valence-corrected chi connectivity index (χ2v) is 5.11. The van der Waals surface area contributed by atoms with Gasteiger partial charge >= 0.3 is 0 Å². The summed E-state index contributed by atoms with van der Waals surface area (Å²) in [6.45, 7) is 5.37. The van der Waals surface area contributed by atoms with E-state index in [1.54, 1.807) is 11.3 Å². The summed E-state index contributed by atoms with van der Waals surface area (Å²) in [4.78, 5) is 4.62. The second kappa shape index (κ2) is 5.30. The number of nitrogens with one attached hydrogen (secondary N) is 1. The van der Waals surface area contributed by atoms with Gasteiger partial charge in [0.05, 0.1) is 10.2 Å². The Morgan fingerprint density at radius 3 is 2.94 bits per heavy atom. The van der Waals surface area contributed by atoms with Crippen molar-refractivity contribution in [2.45, 2.75) is 33.1 Å². The number of hydrogen-bond donors (Lipinski definition) is 1. The summed E-state index contributed by atoms with van der Waals surface area (Å²) < 4.78 is 1.28. The number of thiazole rings is 1. The molecule has 2 nitrogen and oxygen atoms in total. The van der Waals surface area contributed by atoms with Crippen LogP contribution >= 0.6 is 11.3 Å². The summed E-state index contributed by atoms with van der Waals surface area (Å²) in [5.41, 5.74) is 2.40. The molecule has 0 saturated heterocycles. The van der Waals surface area contributed by atoms with Crippen LogP contribution in [0.5, 0.6) is 0 Å². The van der Waals surface area contributed by atoms with Crippen LogP contribution in [-0.4, -0.2) is 11.5 Å². The van der Waals surface area contributed by atoms with Crippen LogP contribution in [-0.2, 0) is 0 Å². The molecule has 0 aliphatic heterocycles. The highest BCUT2D eigenvalue weighted by molar-refractivity contribution is 7.22. The van der Waals surface area contributed by atoms with Gasteiger partial charge in [-0.3, -0.25) is 0 Å². The average molecular weight is 234 g/mol. The third-order valence-electron chi connectivity index (χ3n) is 2.68. The number of para-hydroxylation sites is 1. The van der Waals surface area contributed by atoms with E-state index >= 15 is 0 Å². The number of unbranched alkanes of at least 4 members (excludes halogenated alkanes) is 2. The van der Waals surface area contributed by atoms with Gasteiger partial charge in [0.1, 0.15) is 0 Å². The summed E-state index contributed by atoms with van der Waals surface area (Å²) in [5.74, 6) is 0. The first-order valence-corrected chi connectivity index (χ1v) is 6.73. The van der Waals surface area contributed by atoms with Crippen molar-refractivity contribution in [3.8, 4) is 0 Å². The quantitative estimate of drug-likeness (QED) is 0.784. The molecule has 0 saturated carbocycles. The van der Waals surface area contributed by atoms with Gasteiger partial charge in [0.2, 0.25) is 0 Å². The fourth-order valence-corrected chi connectivity index (χ4v) is 2.70. The van der Waals surface area contributed by atoms with E-state index in [1.807, 2.05) is 0 Å². The van der Waals surface area contributed by atoms with Crippen LogP contribution in [0.4, 0.5) is 5.13 Å². The first kappa shape index (κ1) is 11.4. The van der Waals surface area contributed by atoms with Gasteiger partial charge in [-0.15, -0.1) is 0 Å². The summed E-state index contributed by atoms with van der Waals surface area (Å²) in [7, 11) is 0. The standard InChI is InChI=1S/C13H18N2S/c1-3-4-5-9-14-13-15-12-10(2)7-6-8-11(12)16-13/h6-8H,3-5,9H2,1-2H3,(H,14,15). The smallest absolute Gasteiger partial charge is 0.183 e. The van der Waals surface area contributed by atoms with E-state index in [4.69, 9.17) is 0 Å². The molecule has 1 heterocycles. The van der Waals surface area contributed by atoms with Crippen LogP contribution < -0.4 is 5.32 Å². The van der Waals surface area contributed by atoms with Gasteiger partial charge < -0.3 is 5.32 Å². The first-order valence-electron chi connectivity index (χ1n) is 5.91. The molecule has 1 aromatic heterocycles. The molecule has 0 fully saturated rings. The summed E-state index contributed by atoms with van der Waals surface area (Å²) in [6, 6.07) is 6.34. The molecule has 0 spiro atoms. The third kappa shape index (κ3) is 2.53. The van der Waals surface area contributed by atoms with Crippen molar-refractivity contribution in [3.05, 3.63) is 23.8 Å². The van der Waals surface area contributed by atoms with Crippen LogP contribution in [0, 0.1) is 6.92 Å². The van der Waals surface area contributed by atoms with Crippen LogP contribution in [0.2, 0.25) is 0 Å². The van der Waals surface area contributed by atoms with E-state index in [0.717, 1.165) is 17.2 Å². The molecule has 0 atom stereocenters. The van der Waals surface area contributed by atoms with Gasteiger partial charge in [-0.2, -0.15) is 0 Å². The highest BCUT2D eigenvalue weighted by atomic mass is 32.1. The van der Waals surface area contributed by atoms with E-state index in [1.165, 1.54) is 29.5 Å². The molecular weight excluding hydrogens is 216 g/mol. The number of hydrogen-bond acceptors (Lipinski definition) is 3. The summed E-state index contributed by atoms with van der Waals surface area (Å²) >= 11 is 1.75. The Balaban J connectivity index is 2.05. The zero-order valence-electron chi connectivity index (χ0n) is 9.92. The molecule has 2 rings (SSSR count). The van der Waals surface area contributed by atoms with Crippen molar-refractivity contribution in [1.29, 1.82) is 0 Å².